The molecule has 0 aromatic rings. The van der Waals surface area contributed by atoms with Crippen molar-refractivity contribution in [2.45, 2.75) is 0 Å². The molecule has 25 heteroatoms. The van der Waals surface area contributed by atoms with Gasteiger partial charge in [-0.15, -0.1) is 0 Å². The third-order valence-corrected chi connectivity index (χ3v) is 9.95. The molecule has 0 unspecified atom stereocenters. The van der Waals surface area contributed by atoms with E-state index in [1.54, 1.807) is 0 Å². The Morgan fingerprint density at radius 2 is 0.393 bits per heavy atom. The van der Waals surface area contributed by atoms with Crippen LogP contribution in [0.2, 0.25) is 0 Å². The summed E-state index contributed by atoms with van der Waals surface area (Å²) in [6, 6.07) is 0. The van der Waals surface area contributed by atoms with E-state index in [0.29, 0.717) is 0 Å². The van der Waals surface area contributed by atoms with E-state index in [4.69, 9.17) is 58.7 Å². The van der Waals surface area contributed by atoms with E-state index in [1.165, 1.54) is 0 Å². The van der Waals surface area contributed by atoms with Crippen LogP contribution in [0.1, 0.15) is 0 Å². The Morgan fingerprint density at radius 1 is 0.321 bits per heavy atom. The Morgan fingerprint density at radius 3 is 0.393 bits per heavy atom. The summed E-state index contributed by atoms with van der Waals surface area (Å²) < 4.78 is 59.1. The first-order chi connectivity index (χ1) is 11.1. The van der Waals surface area contributed by atoms with Crippen molar-refractivity contribution in [3.8, 4) is 0 Å². The second kappa shape index (κ2) is 13.4. The molecular formula is C3H19NaO18P6. The van der Waals surface area contributed by atoms with Crippen LogP contribution >= 0.6 is 45.6 Å². The van der Waals surface area contributed by atoms with Crippen LogP contribution in [0.15, 0.2) is 0 Å². The molecule has 0 aliphatic heterocycles. The quantitative estimate of drug-likeness (QED) is 0.117. The molecule has 0 saturated carbocycles. The van der Waals surface area contributed by atoms with Crippen LogP contribution in [-0.4, -0.2) is 106 Å². The van der Waals surface area contributed by atoms with Gasteiger partial charge in [-0.1, -0.05) is 0 Å². The molecule has 0 atom stereocenters. The second-order valence-electron chi connectivity index (χ2n) is 4.41. The standard InChI is InChI=1S/3CH6O6P2.Na.H/c3*2-8(3,4)1-9(5,6)7;;/h3*1H2,(H2,2,3,4)(H2,5,6,7);;. The first-order valence-corrected chi connectivity index (χ1v) is 16.2. The minimum absolute atomic E-state index is 0. The first-order valence-electron chi connectivity index (χ1n) is 5.39. The zero-order valence-electron chi connectivity index (χ0n) is 12.6. The molecule has 28 heavy (non-hydrogen) atoms. The molecule has 0 fully saturated rings. The Hall–Kier alpha value is 1.90. The Kier molecular flexibility index (Phi) is 17.9. The van der Waals surface area contributed by atoms with Crippen molar-refractivity contribution in [3.63, 3.8) is 0 Å². The monoisotopic (exact) mass is 552 g/mol. The van der Waals surface area contributed by atoms with Crippen molar-refractivity contribution >= 4 is 75.1 Å². The van der Waals surface area contributed by atoms with Crippen LogP contribution in [0.3, 0.4) is 0 Å². The van der Waals surface area contributed by atoms with Crippen LogP contribution in [-0.2, 0) is 27.4 Å². The van der Waals surface area contributed by atoms with Crippen molar-refractivity contribution in [2.24, 2.45) is 0 Å². The van der Waals surface area contributed by atoms with E-state index in [1.807, 2.05) is 0 Å². The van der Waals surface area contributed by atoms with Crippen molar-refractivity contribution in [1.29, 1.82) is 0 Å². The minimum atomic E-state index is -4.55. The summed E-state index contributed by atoms with van der Waals surface area (Å²) in [6.07, 6.45) is 0. The normalized spacial score (nSPS) is 13.3. The van der Waals surface area contributed by atoms with Crippen molar-refractivity contribution in [3.05, 3.63) is 0 Å². The summed E-state index contributed by atoms with van der Waals surface area (Å²) in [5, 5.41) is 0. The zero-order valence-corrected chi connectivity index (χ0v) is 18.0. The van der Waals surface area contributed by atoms with Gasteiger partial charge in [0, 0.05) is 0 Å². The summed E-state index contributed by atoms with van der Waals surface area (Å²) in [5.41, 5.74) is 0. The van der Waals surface area contributed by atoms with E-state index in [0.717, 1.165) is 0 Å². The van der Waals surface area contributed by atoms with Crippen LogP contribution in [0.25, 0.3) is 0 Å². The van der Waals surface area contributed by atoms with Gasteiger partial charge in [0.25, 0.3) is 0 Å². The van der Waals surface area contributed by atoms with Gasteiger partial charge in [0.1, 0.15) is 0 Å². The molecule has 0 saturated heterocycles. The third kappa shape index (κ3) is 51.0. The Bertz CT molecular complexity index is 561. The van der Waals surface area contributed by atoms with E-state index < -0.39 is 63.3 Å². The number of hydrogen-bond acceptors (Lipinski definition) is 6. The van der Waals surface area contributed by atoms with Crippen molar-refractivity contribution < 1.29 is 86.1 Å². The van der Waals surface area contributed by atoms with Gasteiger partial charge < -0.3 is 58.7 Å². The van der Waals surface area contributed by atoms with Crippen LogP contribution in [0.5, 0.6) is 0 Å². The Labute approximate surface area is 178 Å². The van der Waals surface area contributed by atoms with E-state index in [2.05, 4.69) is 0 Å². The average Bonchev–Trinajstić information content (AvgIpc) is 1.96. The van der Waals surface area contributed by atoms with Gasteiger partial charge in [0.05, 0.1) is 0 Å². The van der Waals surface area contributed by atoms with Gasteiger partial charge in [-0.2, -0.15) is 0 Å². The Balaban J connectivity index is -0.000000152. The number of rotatable bonds is 6. The van der Waals surface area contributed by atoms with Crippen LogP contribution in [0.4, 0.5) is 0 Å². The summed E-state index contributed by atoms with van der Waals surface area (Å²) >= 11 is 0. The molecule has 170 valence electrons. The molecule has 0 heterocycles. The van der Waals surface area contributed by atoms with Gasteiger partial charge >= 0.3 is 75.1 Å². The van der Waals surface area contributed by atoms with Crippen LogP contribution in [0, 0.1) is 0 Å². The molecule has 18 nitrogen and oxygen atoms in total. The maximum atomic E-state index is 9.85. The fourth-order valence-electron chi connectivity index (χ4n) is 0.720. The van der Waals surface area contributed by atoms with E-state index in [-0.39, 0.29) is 29.6 Å². The van der Waals surface area contributed by atoms with Gasteiger partial charge in [0.2, 0.25) is 0 Å². The zero-order chi connectivity index (χ0) is 23.1. The predicted molar refractivity (Wildman–Crippen MR) is 94.0 cm³/mol. The van der Waals surface area contributed by atoms with Crippen molar-refractivity contribution in [2.75, 3.05) is 17.7 Å². The fraction of sp³-hybridized carbons (Fsp3) is 1.00. The van der Waals surface area contributed by atoms with Gasteiger partial charge in [-0.25, -0.2) is 0 Å². The molecule has 0 amide bonds. The second-order valence-corrected chi connectivity index (χ2v) is 15.8. The molecule has 0 aliphatic rings. The number of hydrogen-bond donors (Lipinski definition) is 12. The summed E-state index contributed by atoms with van der Waals surface area (Å²) in [6.45, 7) is 0. The van der Waals surface area contributed by atoms with Gasteiger partial charge in [0.15, 0.2) is 17.7 Å². The summed E-state index contributed by atoms with van der Waals surface area (Å²) in [4.78, 5) is 95.7. The first kappa shape index (κ1) is 37.2. The van der Waals surface area contributed by atoms with Crippen molar-refractivity contribution in [1.82, 2.24) is 0 Å². The SMILES string of the molecule is O=P(O)(O)CP(=O)(O)O.O=P(O)(O)CP(=O)(O)O.O=P(O)(O)CP(=O)(O)O.[NaH]. The topological polar surface area (TPSA) is 345 Å². The molecule has 0 aliphatic carbocycles. The van der Waals surface area contributed by atoms with E-state index in [9.17, 15) is 27.4 Å². The maximum absolute atomic E-state index is 9.85. The molecule has 0 aromatic heterocycles. The molecule has 0 rings (SSSR count). The van der Waals surface area contributed by atoms with Gasteiger partial charge in [-0.3, -0.25) is 27.4 Å². The van der Waals surface area contributed by atoms with Gasteiger partial charge in [-0.05, 0) is 0 Å². The molecular weight excluding hydrogens is 533 g/mol. The predicted octanol–water partition coefficient (Wildman–Crippen LogP) is -2.75. The molecule has 0 bridgehead atoms. The average molecular weight is 552 g/mol. The molecule has 0 aromatic carbocycles. The summed E-state index contributed by atoms with van der Waals surface area (Å²) in [5.74, 6) is -4.12. The molecule has 0 radical (unpaired) electrons. The summed E-state index contributed by atoms with van der Waals surface area (Å²) in [7, 11) is -27.3. The van der Waals surface area contributed by atoms with E-state index >= 15 is 0 Å². The van der Waals surface area contributed by atoms with Crippen LogP contribution < -0.4 is 0 Å². The molecule has 12 N–H and O–H groups in total. The third-order valence-electron chi connectivity index (χ3n) is 1.11. The molecule has 0 spiro atoms. The fourth-order valence-corrected chi connectivity index (χ4v) is 6.48.